The maximum absolute atomic E-state index is 12.0. The van der Waals surface area contributed by atoms with E-state index < -0.39 is 0 Å². The predicted molar refractivity (Wildman–Crippen MR) is 122 cm³/mol. The van der Waals surface area contributed by atoms with Crippen molar-refractivity contribution in [2.24, 2.45) is 4.99 Å². The number of aryl methyl sites for hydroxylation is 1. The molecule has 3 N–H and O–H groups in total. The summed E-state index contributed by atoms with van der Waals surface area (Å²) in [4.78, 5) is 20.7. The van der Waals surface area contributed by atoms with Gasteiger partial charge in [0.25, 0.3) is 0 Å². The highest BCUT2D eigenvalue weighted by Gasteiger charge is 2.08. The fourth-order valence-corrected chi connectivity index (χ4v) is 2.37. The number of hydrogen-bond acceptors (Lipinski definition) is 3. The number of pyridine rings is 1. The van der Waals surface area contributed by atoms with Crippen molar-refractivity contribution < 1.29 is 4.79 Å². The van der Waals surface area contributed by atoms with Crippen molar-refractivity contribution in [3.8, 4) is 0 Å². The topological polar surface area (TPSA) is 78.4 Å². The van der Waals surface area contributed by atoms with Crippen molar-refractivity contribution in [1.29, 1.82) is 0 Å². The molecule has 1 unspecified atom stereocenters. The van der Waals surface area contributed by atoms with Gasteiger partial charge in [0.05, 0.1) is 12.6 Å². The molecule has 0 aliphatic heterocycles. The molecule has 0 aliphatic rings. The van der Waals surface area contributed by atoms with Gasteiger partial charge >= 0.3 is 0 Å². The maximum atomic E-state index is 12.0. The predicted octanol–water partition coefficient (Wildman–Crippen LogP) is 3.65. The number of amides is 1. The molecule has 0 spiro atoms. The van der Waals surface area contributed by atoms with Gasteiger partial charge in [-0.15, -0.1) is 24.0 Å². The molecule has 1 atom stereocenters. The Hall–Kier alpha value is -2.16. The molecule has 27 heavy (non-hydrogen) atoms. The van der Waals surface area contributed by atoms with Crippen LogP contribution in [0.25, 0.3) is 0 Å². The maximum Gasteiger partial charge on any atom is 0.227 e. The summed E-state index contributed by atoms with van der Waals surface area (Å²) in [6.07, 6.45) is 2.03. The number of benzene rings is 1. The zero-order valence-electron chi connectivity index (χ0n) is 16.0. The van der Waals surface area contributed by atoms with Crippen LogP contribution in [0.15, 0.2) is 53.7 Å². The van der Waals surface area contributed by atoms with E-state index in [1.165, 1.54) is 5.56 Å². The summed E-state index contributed by atoms with van der Waals surface area (Å²) >= 11 is 0. The van der Waals surface area contributed by atoms with Crippen molar-refractivity contribution in [3.63, 3.8) is 0 Å². The molecule has 0 saturated heterocycles. The van der Waals surface area contributed by atoms with Crippen molar-refractivity contribution in [1.82, 2.24) is 15.6 Å². The number of carbonyl (C=O) groups excluding carboxylic acids is 1. The number of nitrogens with one attached hydrogen (secondary N) is 3. The van der Waals surface area contributed by atoms with Crippen LogP contribution in [0.2, 0.25) is 0 Å². The summed E-state index contributed by atoms with van der Waals surface area (Å²) in [7, 11) is 0. The number of carbonyl (C=O) groups is 1. The minimum absolute atomic E-state index is 0. The summed E-state index contributed by atoms with van der Waals surface area (Å²) in [5, 5.41) is 9.35. The number of hydrogen-bond donors (Lipinski definition) is 3. The van der Waals surface area contributed by atoms with Gasteiger partial charge in [0.15, 0.2) is 5.96 Å². The average Bonchev–Trinajstić information content (AvgIpc) is 2.64. The Kier molecular flexibility index (Phi) is 10.4. The van der Waals surface area contributed by atoms with Gasteiger partial charge in [0, 0.05) is 19.2 Å². The summed E-state index contributed by atoms with van der Waals surface area (Å²) in [6.45, 7) is 7.21. The van der Waals surface area contributed by atoms with Crippen LogP contribution < -0.4 is 16.0 Å². The molecule has 146 valence electrons. The standard InChI is InChI=1S/C20H27N5O.HI/c1-4-21-20(24-16(3)17-8-6-5-7-9-17)22-13-12-19(26)25-18-11-10-15(2)14-23-18;/h5-11,14,16H,4,12-13H2,1-3H3,(H2,21,22,24)(H,23,25,26);1H. The Balaban J connectivity index is 0.00000364. The van der Waals surface area contributed by atoms with Crippen molar-refractivity contribution in [2.75, 3.05) is 18.4 Å². The van der Waals surface area contributed by atoms with E-state index in [1.54, 1.807) is 12.3 Å². The minimum atomic E-state index is -0.0999. The molecule has 0 fully saturated rings. The lowest BCUT2D eigenvalue weighted by Crippen LogP contribution is -2.38. The third kappa shape index (κ3) is 8.38. The minimum Gasteiger partial charge on any atom is -0.357 e. The summed E-state index contributed by atoms with van der Waals surface area (Å²) in [5.74, 6) is 1.16. The van der Waals surface area contributed by atoms with Gasteiger partial charge in [-0.2, -0.15) is 0 Å². The second-order valence-corrected chi connectivity index (χ2v) is 6.06. The van der Waals surface area contributed by atoms with Crippen molar-refractivity contribution in [3.05, 3.63) is 59.8 Å². The number of rotatable bonds is 7. The van der Waals surface area contributed by atoms with E-state index in [1.807, 2.05) is 38.1 Å². The van der Waals surface area contributed by atoms with E-state index in [0.29, 0.717) is 24.7 Å². The molecule has 1 amide bonds. The largest absolute Gasteiger partial charge is 0.357 e. The van der Waals surface area contributed by atoms with Gasteiger partial charge in [-0.05, 0) is 38.0 Å². The molecule has 1 heterocycles. The van der Waals surface area contributed by atoms with Crippen molar-refractivity contribution in [2.45, 2.75) is 33.2 Å². The molecule has 6 nitrogen and oxygen atoms in total. The fraction of sp³-hybridized carbons (Fsp3) is 0.350. The van der Waals surface area contributed by atoms with Crippen LogP contribution in [-0.4, -0.2) is 29.9 Å². The fourth-order valence-electron chi connectivity index (χ4n) is 2.37. The first-order chi connectivity index (χ1) is 12.6. The van der Waals surface area contributed by atoms with E-state index in [-0.39, 0.29) is 35.9 Å². The molecule has 7 heteroatoms. The van der Waals surface area contributed by atoms with E-state index >= 15 is 0 Å². The Morgan fingerprint density at radius 2 is 1.93 bits per heavy atom. The summed E-state index contributed by atoms with van der Waals surface area (Å²) in [6, 6.07) is 14.0. The number of nitrogens with zero attached hydrogens (tertiary/aromatic N) is 2. The lowest BCUT2D eigenvalue weighted by atomic mass is 10.1. The first kappa shape index (κ1) is 22.9. The van der Waals surface area contributed by atoms with E-state index in [0.717, 1.165) is 12.1 Å². The molecular formula is C20H28IN5O. The van der Waals surface area contributed by atoms with Crippen LogP contribution in [0.5, 0.6) is 0 Å². The van der Waals surface area contributed by atoms with Crippen LogP contribution >= 0.6 is 24.0 Å². The molecule has 2 rings (SSSR count). The van der Waals surface area contributed by atoms with Crippen LogP contribution in [-0.2, 0) is 4.79 Å². The lowest BCUT2D eigenvalue weighted by molar-refractivity contribution is -0.116. The van der Waals surface area contributed by atoms with Crippen molar-refractivity contribution >= 4 is 41.7 Å². The van der Waals surface area contributed by atoms with Gasteiger partial charge in [0.1, 0.15) is 5.82 Å². The number of anilines is 1. The van der Waals surface area contributed by atoms with Crippen LogP contribution in [0.1, 0.15) is 37.4 Å². The normalized spacial score (nSPS) is 11.9. The lowest BCUT2D eigenvalue weighted by Gasteiger charge is -2.18. The Morgan fingerprint density at radius 1 is 1.19 bits per heavy atom. The Labute approximate surface area is 178 Å². The van der Waals surface area contributed by atoms with Gasteiger partial charge < -0.3 is 16.0 Å². The molecule has 0 saturated carbocycles. The number of halogens is 1. The average molecular weight is 481 g/mol. The molecule has 1 aromatic carbocycles. The monoisotopic (exact) mass is 481 g/mol. The Bertz CT molecular complexity index is 719. The second kappa shape index (κ2) is 12.3. The second-order valence-electron chi connectivity index (χ2n) is 6.06. The van der Waals surface area contributed by atoms with Gasteiger partial charge in [-0.1, -0.05) is 36.4 Å². The Morgan fingerprint density at radius 3 is 2.56 bits per heavy atom. The van der Waals surface area contributed by atoms with E-state index in [2.05, 4.69) is 45.0 Å². The highest BCUT2D eigenvalue weighted by molar-refractivity contribution is 14.0. The van der Waals surface area contributed by atoms with Crippen LogP contribution in [0.3, 0.4) is 0 Å². The smallest absolute Gasteiger partial charge is 0.227 e. The third-order valence-electron chi connectivity index (χ3n) is 3.78. The van der Waals surface area contributed by atoms with Crippen LogP contribution in [0.4, 0.5) is 5.82 Å². The molecule has 1 aromatic heterocycles. The molecule has 0 bridgehead atoms. The highest BCUT2D eigenvalue weighted by Crippen LogP contribution is 2.10. The highest BCUT2D eigenvalue weighted by atomic mass is 127. The number of aliphatic imine (C=N–C) groups is 1. The molecular weight excluding hydrogens is 453 g/mol. The van der Waals surface area contributed by atoms with Gasteiger partial charge in [-0.25, -0.2) is 4.98 Å². The quantitative estimate of drug-likeness (QED) is 0.321. The molecule has 0 radical (unpaired) electrons. The number of aromatic nitrogens is 1. The van der Waals surface area contributed by atoms with E-state index in [9.17, 15) is 4.79 Å². The third-order valence-corrected chi connectivity index (χ3v) is 3.78. The van der Waals surface area contributed by atoms with Crippen LogP contribution in [0, 0.1) is 6.92 Å². The molecule has 2 aromatic rings. The zero-order chi connectivity index (χ0) is 18.8. The first-order valence-electron chi connectivity index (χ1n) is 8.90. The summed E-state index contributed by atoms with van der Waals surface area (Å²) in [5.41, 5.74) is 2.24. The SMILES string of the molecule is CCNC(=NCCC(=O)Nc1ccc(C)cn1)NC(C)c1ccccc1.I. The summed E-state index contributed by atoms with van der Waals surface area (Å²) < 4.78 is 0. The van der Waals surface area contributed by atoms with Gasteiger partial charge in [-0.3, -0.25) is 9.79 Å². The zero-order valence-corrected chi connectivity index (χ0v) is 18.4. The van der Waals surface area contributed by atoms with Gasteiger partial charge in [0.2, 0.25) is 5.91 Å². The van der Waals surface area contributed by atoms with E-state index in [4.69, 9.17) is 0 Å². The first-order valence-corrected chi connectivity index (χ1v) is 8.90. The molecule has 0 aliphatic carbocycles. The number of guanidine groups is 1.